The second-order valence-electron chi connectivity index (χ2n) is 6.28. The lowest BCUT2D eigenvalue weighted by Crippen LogP contribution is -2.42. The number of thioether (sulfide) groups is 1. The van der Waals surface area contributed by atoms with Crippen LogP contribution in [0.5, 0.6) is 0 Å². The van der Waals surface area contributed by atoms with Crippen molar-refractivity contribution in [2.75, 3.05) is 23.8 Å². The maximum atomic E-state index is 12.6. The number of carbonyl (C=O) groups excluding carboxylic acids is 1. The molecule has 1 aliphatic rings. The van der Waals surface area contributed by atoms with E-state index in [1.54, 1.807) is 11.2 Å². The minimum absolute atomic E-state index is 0.0606. The number of carbonyl (C=O) groups is 1. The number of furan rings is 1. The predicted octanol–water partition coefficient (Wildman–Crippen LogP) is 1.51. The van der Waals surface area contributed by atoms with E-state index in [4.69, 9.17) is 4.42 Å². The van der Waals surface area contributed by atoms with Gasteiger partial charge in [-0.2, -0.15) is 0 Å². The first-order valence-corrected chi connectivity index (χ1v) is 11.2. The third-order valence-corrected chi connectivity index (χ3v) is 7.32. The maximum Gasteiger partial charge on any atom is 0.233 e. The van der Waals surface area contributed by atoms with Gasteiger partial charge in [0.15, 0.2) is 20.8 Å². The van der Waals surface area contributed by atoms with Crippen molar-refractivity contribution in [3.05, 3.63) is 18.1 Å². The van der Waals surface area contributed by atoms with Crippen molar-refractivity contribution in [1.82, 2.24) is 19.7 Å². The summed E-state index contributed by atoms with van der Waals surface area (Å²) in [6.07, 6.45) is 2.12. The standard InChI is InChI=1S/C16H22N4O4S2/c1-4-20(12-6-8-26(22,23)10-12)14(21)9-25-16-18-17-15(19(16)3)13-5-7-24-11(13)2/h5,7,12H,4,6,8-10H2,1-3H3/t12-/m0/s1. The molecule has 0 aliphatic carbocycles. The molecule has 2 aromatic heterocycles. The van der Waals surface area contributed by atoms with Crippen LogP contribution >= 0.6 is 11.8 Å². The number of hydrogen-bond acceptors (Lipinski definition) is 7. The van der Waals surface area contributed by atoms with Gasteiger partial charge in [-0.05, 0) is 26.3 Å². The Labute approximate surface area is 156 Å². The molecule has 0 unspecified atom stereocenters. The normalized spacial score (nSPS) is 19.0. The molecule has 3 heterocycles. The molecule has 10 heteroatoms. The molecule has 0 spiro atoms. The summed E-state index contributed by atoms with van der Waals surface area (Å²) in [7, 11) is -1.18. The average molecular weight is 399 g/mol. The van der Waals surface area contributed by atoms with Crippen molar-refractivity contribution in [3.8, 4) is 11.4 Å². The van der Waals surface area contributed by atoms with Gasteiger partial charge >= 0.3 is 0 Å². The Morgan fingerprint density at radius 1 is 1.46 bits per heavy atom. The van der Waals surface area contributed by atoms with Gasteiger partial charge in [0.25, 0.3) is 0 Å². The Balaban J connectivity index is 1.66. The van der Waals surface area contributed by atoms with Crippen LogP contribution in [0.15, 0.2) is 21.9 Å². The summed E-state index contributed by atoms with van der Waals surface area (Å²) in [5.74, 6) is 1.77. The maximum absolute atomic E-state index is 12.6. The van der Waals surface area contributed by atoms with Crippen molar-refractivity contribution in [2.45, 2.75) is 31.5 Å². The fraction of sp³-hybridized carbons (Fsp3) is 0.562. The molecular formula is C16H22N4O4S2. The van der Waals surface area contributed by atoms with Gasteiger partial charge in [0.2, 0.25) is 5.91 Å². The van der Waals surface area contributed by atoms with Crippen LogP contribution in [0, 0.1) is 6.92 Å². The van der Waals surface area contributed by atoms with Gasteiger partial charge in [0, 0.05) is 19.6 Å². The van der Waals surface area contributed by atoms with Crippen LogP contribution in [0.1, 0.15) is 19.1 Å². The molecule has 1 atom stereocenters. The summed E-state index contributed by atoms with van der Waals surface area (Å²) in [5.41, 5.74) is 0.865. The number of sulfone groups is 1. The lowest BCUT2D eigenvalue weighted by atomic mass is 10.2. The fourth-order valence-electron chi connectivity index (χ4n) is 3.16. The van der Waals surface area contributed by atoms with Gasteiger partial charge in [-0.1, -0.05) is 11.8 Å². The molecule has 0 saturated carbocycles. The van der Waals surface area contributed by atoms with Crippen LogP contribution < -0.4 is 0 Å². The number of nitrogens with zero attached hydrogens (tertiary/aromatic N) is 4. The topological polar surface area (TPSA) is 98.3 Å². The number of amides is 1. The van der Waals surface area contributed by atoms with E-state index in [1.165, 1.54) is 11.8 Å². The highest BCUT2D eigenvalue weighted by atomic mass is 32.2. The quantitative estimate of drug-likeness (QED) is 0.680. The molecule has 0 aromatic carbocycles. The lowest BCUT2D eigenvalue weighted by molar-refractivity contribution is -0.129. The minimum Gasteiger partial charge on any atom is -0.469 e. The van der Waals surface area contributed by atoms with Crippen LogP contribution in [-0.4, -0.2) is 63.8 Å². The van der Waals surface area contributed by atoms with E-state index < -0.39 is 9.84 Å². The molecule has 26 heavy (non-hydrogen) atoms. The summed E-state index contributed by atoms with van der Waals surface area (Å²) >= 11 is 1.30. The molecule has 1 aliphatic heterocycles. The summed E-state index contributed by atoms with van der Waals surface area (Å²) in [6, 6.07) is 1.61. The Morgan fingerprint density at radius 3 is 2.81 bits per heavy atom. The van der Waals surface area contributed by atoms with Crippen molar-refractivity contribution in [1.29, 1.82) is 0 Å². The van der Waals surface area contributed by atoms with E-state index in [2.05, 4.69) is 10.2 Å². The summed E-state index contributed by atoms with van der Waals surface area (Å²) < 4.78 is 30.5. The number of hydrogen-bond donors (Lipinski definition) is 0. The third-order valence-electron chi connectivity index (χ3n) is 4.57. The molecule has 1 fully saturated rings. The number of aryl methyl sites for hydroxylation is 1. The SMILES string of the molecule is CCN(C(=O)CSc1nnc(-c2ccoc2C)n1C)[C@H]1CCS(=O)(=O)C1. The van der Waals surface area contributed by atoms with Gasteiger partial charge in [-0.25, -0.2) is 8.42 Å². The number of rotatable bonds is 6. The molecule has 1 saturated heterocycles. The molecule has 142 valence electrons. The third kappa shape index (κ3) is 3.80. The summed E-state index contributed by atoms with van der Waals surface area (Å²) in [5, 5.41) is 8.97. The molecule has 8 nitrogen and oxygen atoms in total. The van der Waals surface area contributed by atoms with Crippen LogP contribution in [0.4, 0.5) is 0 Å². The zero-order valence-corrected chi connectivity index (χ0v) is 16.6. The second-order valence-corrected chi connectivity index (χ2v) is 9.45. The van der Waals surface area contributed by atoms with Crippen LogP contribution in [0.2, 0.25) is 0 Å². The Morgan fingerprint density at radius 2 is 2.23 bits per heavy atom. The Kier molecular flexibility index (Phi) is 5.42. The van der Waals surface area contributed by atoms with Gasteiger partial charge in [0.05, 0.1) is 29.1 Å². The van der Waals surface area contributed by atoms with Crippen LogP contribution in [-0.2, 0) is 21.7 Å². The molecule has 0 bridgehead atoms. The molecular weight excluding hydrogens is 376 g/mol. The van der Waals surface area contributed by atoms with E-state index in [0.717, 1.165) is 11.3 Å². The minimum atomic E-state index is -3.02. The van der Waals surface area contributed by atoms with E-state index in [9.17, 15) is 13.2 Å². The predicted molar refractivity (Wildman–Crippen MR) is 98.6 cm³/mol. The largest absolute Gasteiger partial charge is 0.469 e. The zero-order chi connectivity index (χ0) is 18.9. The highest BCUT2D eigenvalue weighted by Crippen LogP contribution is 2.26. The van der Waals surface area contributed by atoms with Crippen LogP contribution in [0.3, 0.4) is 0 Å². The van der Waals surface area contributed by atoms with Gasteiger partial charge in [-0.3, -0.25) is 4.79 Å². The smallest absolute Gasteiger partial charge is 0.233 e. The van der Waals surface area contributed by atoms with Gasteiger partial charge in [-0.15, -0.1) is 10.2 Å². The average Bonchev–Trinajstić information content (AvgIpc) is 3.26. The zero-order valence-electron chi connectivity index (χ0n) is 15.0. The van der Waals surface area contributed by atoms with Crippen molar-refractivity contribution >= 4 is 27.5 Å². The Hall–Kier alpha value is -1.81. The highest BCUT2D eigenvalue weighted by molar-refractivity contribution is 7.99. The molecule has 0 N–H and O–H groups in total. The molecule has 0 radical (unpaired) electrons. The van der Waals surface area contributed by atoms with E-state index in [0.29, 0.717) is 23.9 Å². The molecule has 1 amide bonds. The molecule has 2 aromatic rings. The van der Waals surface area contributed by atoms with Crippen molar-refractivity contribution in [3.63, 3.8) is 0 Å². The first-order chi connectivity index (χ1) is 12.3. The van der Waals surface area contributed by atoms with E-state index in [1.807, 2.05) is 31.5 Å². The lowest BCUT2D eigenvalue weighted by Gasteiger charge is -2.26. The fourth-order valence-corrected chi connectivity index (χ4v) is 5.69. The summed E-state index contributed by atoms with van der Waals surface area (Å²) in [4.78, 5) is 14.2. The van der Waals surface area contributed by atoms with Crippen molar-refractivity contribution in [2.24, 2.45) is 7.05 Å². The van der Waals surface area contributed by atoms with Gasteiger partial charge in [0.1, 0.15) is 5.76 Å². The second kappa shape index (κ2) is 7.43. The first kappa shape index (κ1) is 19.0. The summed E-state index contributed by atoms with van der Waals surface area (Å²) in [6.45, 7) is 4.22. The highest BCUT2D eigenvalue weighted by Gasteiger charge is 2.33. The van der Waals surface area contributed by atoms with E-state index >= 15 is 0 Å². The van der Waals surface area contributed by atoms with E-state index in [-0.39, 0.29) is 29.2 Å². The number of aromatic nitrogens is 3. The van der Waals surface area contributed by atoms with Gasteiger partial charge < -0.3 is 13.9 Å². The first-order valence-electron chi connectivity index (χ1n) is 8.39. The van der Waals surface area contributed by atoms with Crippen molar-refractivity contribution < 1.29 is 17.6 Å². The van der Waals surface area contributed by atoms with Crippen LogP contribution in [0.25, 0.3) is 11.4 Å². The monoisotopic (exact) mass is 398 g/mol. The Bertz CT molecular complexity index is 903. The molecule has 3 rings (SSSR count).